The van der Waals surface area contributed by atoms with Crippen molar-refractivity contribution in [1.29, 1.82) is 0 Å². The Balaban J connectivity index is 1.65. The van der Waals surface area contributed by atoms with Crippen molar-refractivity contribution in [2.24, 2.45) is 5.92 Å². The van der Waals surface area contributed by atoms with E-state index in [4.69, 9.17) is 11.6 Å². The maximum absolute atomic E-state index is 13.7. The van der Waals surface area contributed by atoms with Gasteiger partial charge in [-0.1, -0.05) is 24.4 Å². The Morgan fingerprint density at radius 3 is 2.77 bits per heavy atom. The topological polar surface area (TPSA) is 49.4 Å². The van der Waals surface area contributed by atoms with Gasteiger partial charge in [0.1, 0.15) is 5.82 Å². The van der Waals surface area contributed by atoms with E-state index in [1.54, 1.807) is 0 Å². The Kier molecular flexibility index (Phi) is 4.34. The van der Waals surface area contributed by atoms with Crippen LogP contribution in [0.5, 0.6) is 0 Å². The van der Waals surface area contributed by atoms with Gasteiger partial charge in [0, 0.05) is 24.0 Å². The van der Waals surface area contributed by atoms with E-state index in [0.29, 0.717) is 11.6 Å². The van der Waals surface area contributed by atoms with Gasteiger partial charge in [-0.25, -0.2) is 4.39 Å². The molecule has 3 rings (SSSR count). The highest BCUT2D eigenvalue weighted by atomic mass is 35.5. The lowest BCUT2D eigenvalue weighted by Gasteiger charge is -2.23. The summed E-state index contributed by atoms with van der Waals surface area (Å²) >= 11 is 5.81. The molecule has 0 radical (unpaired) electrons. The monoisotopic (exact) mass is 324 g/mol. The number of hydrogen-bond acceptors (Lipinski definition) is 2. The van der Waals surface area contributed by atoms with Gasteiger partial charge >= 0.3 is 0 Å². The van der Waals surface area contributed by atoms with E-state index in [-0.39, 0.29) is 30.0 Å². The van der Waals surface area contributed by atoms with E-state index in [1.807, 2.05) is 4.90 Å². The average Bonchev–Trinajstić information content (AvgIpc) is 3.11. The minimum atomic E-state index is -0.533. The zero-order chi connectivity index (χ0) is 15.7. The minimum Gasteiger partial charge on any atom is -0.339 e. The van der Waals surface area contributed by atoms with Crippen LogP contribution in [0.1, 0.15) is 32.1 Å². The molecule has 0 bridgehead atoms. The molecule has 1 heterocycles. The van der Waals surface area contributed by atoms with Crippen molar-refractivity contribution in [3.05, 3.63) is 29.0 Å². The SMILES string of the molecule is O=C(Nc1cc(Cl)ccc1F)[C@@H]1CC(=O)N(C2CCCC2)C1. The molecule has 1 aromatic rings. The zero-order valence-corrected chi connectivity index (χ0v) is 12.9. The Morgan fingerprint density at radius 2 is 2.05 bits per heavy atom. The maximum Gasteiger partial charge on any atom is 0.229 e. The first-order valence-corrected chi connectivity index (χ1v) is 7.98. The third kappa shape index (κ3) is 3.09. The molecule has 0 unspecified atom stereocenters. The predicted octanol–water partition coefficient (Wildman–Crippen LogP) is 3.21. The quantitative estimate of drug-likeness (QED) is 0.928. The van der Waals surface area contributed by atoms with Crippen LogP contribution in [0, 0.1) is 11.7 Å². The van der Waals surface area contributed by atoms with Gasteiger partial charge in [0.2, 0.25) is 11.8 Å². The molecule has 1 aromatic carbocycles. The summed E-state index contributed by atoms with van der Waals surface area (Å²) in [5, 5.41) is 2.90. The van der Waals surface area contributed by atoms with E-state index in [1.165, 1.54) is 18.2 Å². The molecule has 1 saturated heterocycles. The second-order valence-corrected chi connectivity index (χ2v) is 6.44. The van der Waals surface area contributed by atoms with Crippen LogP contribution in [0.15, 0.2) is 18.2 Å². The van der Waals surface area contributed by atoms with Crippen molar-refractivity contribution < 1.29 is 14.0 Å². The normalized spacial score (nSPS) is 22.4. The lowest BCUT2D eigenvalue weighted by molar-refractivity contribution is -0.129. The van der Waals surface area contributed by atoms with E-state index < -0.39 is 11.7 Å². The first-order chi connectivity index (χ1) is 10.5. The second kappa shape index (κ2) is 6.24. The van der Waals surface area contributed by atoms with Crippen molar-refractivity contribution in [2.75, 3.05) is 11.9 Å². The summed E-state index contributed by atoms with van der Waals surface area (Å²) in [6.45, 7) is 0.428. The second-order valence-electron chi connectivity index (χ2n) is 6.00. The number of benzene rings is 1. The molecule has 6 heteroatoms. The third-order valence-electron chi connectivity index (χ3n) is 4.48. The summed E-state index contributed by atoms with van der Waals surface area (Å²) in [4.78, 5) is 26.2. The number of hydrogen-bond donors (Lipinski definition) is 1. The highest BCUT2D eigenvalue weighted by Gasteiger charge is 2.38. The first kappa shape index (κ1) is 15.3. The maximum atomic E-state index is 13.7. The van der Waals surface area contributed by atoms with E-state index in [2.05, 4.69) is 5.32 Å². The van der Waals surface area contributed by atoms with Gasteiger partial charge in [-0.3, -0.25) is 9.59 Å². The number of rotatable bonds is 3. The molecule has 1 saturated carbocycles. The zero-order valence-electron chi connectivity index (χ0n) is 12.1. The molecule has 2 amide bonds. The van der Waals surface area contributed by atoms with Gasteiger partial charge in [0.25, 0.3) is 0 Å². The van der Waals surface area contributed by atoms with Crippen LogP contribution in [0.2, 0.25) is 5.02 Å². The highest BCUT2D eigenvalue weighted by molar-refractivity contribution is 6.30. The summed E-state index contributed by atoms with van der Waals surface area (Å²) in [5.74, 6) is -1.25. The molecule has 118 valence electrons. The number of nitrogens with one attached hydrogen (secondary N) is 1. The molecular formula is C16H18ClFN2O2. The number of amides is 2. The van der Waals surface area contributed by atoms with Gasteiger partial charge in [0.05, 0.1) is 11.6 Å². The first-order valence-electron chi connectivity index (χ1n) is 7.60. The van der Waals surface area contributed by atoms with Gasteiger partial charge in [-0.05, 0) is 31.0 Å². The number of likely N-dealkylation sites (tertiary alicyclic amines) is 1. The van der Waals surface area contributed by atoms with Crippen LogP contribution >= 0.6 is 11.6 Å². The van der Waals surface area contributed by atoms with E-state index >= 15 is 0 Å². The third-order valence-corrected chi connectivity index (χ3v) is 4.72. The van der Waals surface area contributed by atoms with Crippen LogP contribution in [0.3, 0.4) is 0 Å². The average molecular weight is 325 g/mol. The Morgan fingerprint density at radius 1 is 1.32 bits per heavy atom. The van der Waals surface area contributed by atoms with Crippen molar-refractivity contribution in [2.45, 2.75) is 38.1 Å². The highest BCUT2D eigenvalue weighted by Crippen LogP contribution is 2.30. The van der Waals surface area contributed by atoms with Crippen LogP contribution in [0.25, 0.3) is 0 Å². The van der Waals surface area contributed by atoms with Gasteiger partial charge in [-0.15, -0.1) is 0 Å². The number of anilines is 1. The summed E-state index contributed by atoms with van der Waals surface area (Å²) < 4.78 is 13.7. The molecule has 2 aliphatic rings. The predicted molar refractivity (Wildman–Crippen MR) is 82.1 cm³/mol. The van der Waals surface area contributed by atoms with Crippen LogP contribution in [0.4, 0.5) is 10.1 Å². The van der Waals surface area contributed by atoms with E-state index in [9.17, 15) is 14.0 Å². The van der Waals surface area contributed by atoms with Crippen LogP contribution < -0.4 is 5.32 Å². The van der Waals surface area contributed by atoms with Gasteiger partial charge in [-0.2, -0.15) is 0 Å². The Bertz CT molecular complexity index is 602. The summed E-state index contributed by atoms with van der Waals surface area (Å²) in [5.41, 5.74) is 0.0595. The standard InChI is InChI=1S/C16H18ClFN2O2/c17-11-5-6-13(18)14(8-11)19-16(22)10-7-15(21)20(9-10)12-3-1-2-4-12/h5-6,8,10,12H,1-4,7,9H2,(H,19,22)/t10-/m1/s1. The number of carbonyl (C=O) groups is 2. The molecule has 4 nitrogen and oxygen atoms in total. The minimum absolute atomic E-state index is 0.0265. The fourth-order valence-electron chi connectivity index (χ4n) is 3.30. The van der Waals surface area contributed by atoms with Gasteiger partial charge < -0.3 is 10.2 Å². The number of nitrogens with zero attached hydrogens (tertiary/aromatic N) is 1. The number of carbonyl (C=O) groups excluding carboxylic acids is 2. The lowest BCUT2D eigenvalue weighted by atomic mass is 10.1. The molecule has 0 aromatic heterocycles. The summed E-state index contributed by atoms with van der Waals surface area (Å²) in [6, 6.07) is 4.28. The molecule has 2 fully saturated rings. The molecule has 1 aliphatic heterocycles. The van der Waals surface area contributed by atoms with Crippen molar-refractivity contribution >= 4 is 29.1 Å². The van der Waals surface area contributed by atoms with Gasteiger partial charge in [0.15, 0.2) is 0 Å². The Hall–Kier alpha value is -1.62. The molecule has 1 aliphatic carbocycles. The molecule has 22 heavy (non-hydrogen) atoms. The lowest BCUT2D eigenvalue weighted by Crippen LogP contribution is -2.35. The van der Waals surface area contributed by atoms with Crippen molar-refractivity contribution in [3.8, 4) is 0 Å². The van der Waals surface area contributed by atoms with Crippen LogP contribution in [-0.4, -0.2) is 29.3 Å². The largest absolute Gasteiger partial charge is 0.339 e. The van der Waals surface area contributed by atoms with E-state index in [0.717, 1.165) is 25.7 Å². The fraction of sp³-hybridized carbons (Fsp3) is 0.500. The fourth-order valence-corrected chi connectivity index (χ4v) is 3.48. The summed E-state index contributed by atoms with van der Waals surface area (Å²) in [6.07, 6.45) is 4.51. The van der Waals surface area contributed by atoms with Crippen LogP contribution in [-0.2, 0) is 9.59 Å². The van der Waals surface area contributed by atoms with Crippen molar-refractivity contribution in [3.63, 3.8) is 0 Å². The Labute approximate surface area is 133 Å². The molecule has 1 N–H and O–H groups in total. The van der Waals surface area contributed by atoms with Crippen molar-refractivity contribution in [1.82, 2.24) is 4.90 Å². The summed E-state index contributed by atoms with van der Waals surface area (Å²) in [7, 11) is 0. The smallest absolute Gasteiger partial charge is 0.229 e. The molecule has 0 spiro atoms. The number of halogens is 2. The molecule has 1 atom stereocenters. The molecular weight excluding hydrogens is 307 g/mol.